The van der Waals surface area contributed by atoms with Crippen LogP contribution in [0.4, 0.5) is 5.69 Å². The average molecular weight is 509 g/mol. The van der Waals surface area contributed by atoms with E-state index in [1.807, 2.05) is 37.3 Å². The second-order valence-electron chi connectivity index (χ2n) is 9.00. The van der Waals surface area contributed by atoms with Crippen LogP contribution in [0.5, 0.6) is 0 Å². The van der Waals surface area contributed by atoms with Gasteiger partial charge in [0.05, 0.1) is 6.04 Å². The fourth-order valence-electron chi connectivity index (χ4n) is 5.72. The van der Waals surface area contributed by atoms with Crippen LogP contribution in [0.15, 0.2) is 66.7 Å². The molecule has 0 aliphatic carbocycles. The third kappa shape index (κ3) is 3.68. The number of hydrogen-bond donors (Lipinski definition) is 2. The van der Waals surface area contributed by atoms with Crippen molar-refractivity contribution in [1.82, 2.24) is 4.90 Å². The molecular formula is C27H22Cl2N2O4. The third-order valence-corrected chi connectivity index (χ3v) is 7.55. The number of benzene rings is 3. The van der Waals surface area contributed by atoms with Crippen molar-refractivity contribution in [2.24, 2.45) is 0 Å². The predicted octanol–water partition coefficient (Wildman–Crippen LogP) is 5.33. The maximum absolute atomic E-state index is 14.1. The lowest BCUT2D eigenvalue weighted by molar-refractivity contribution is -0.154. The quantitative estimate of drug-likeness (QED) is 0.498. The number of hydrogen-bond acceptors (Lipinski definition) is 3. The van der Waals surface area contributed by atoms with E-state index < -0.39 is 29.9 Å². The molecule has 3 aromatic carbocycles. The summed E-state index contributed by atoms with van der Waals surface area (Å²) >= 11 is 12.6. The van der Waals surface area contributed by atoms with E-state index in [1.54, 1.807) is 36.4 Å². The molecule has 2 amide bonds. The summed E-state index contributed by atoms with van der Waals surface area (Å²) < 4.78 is 0. The van der Waals surface area contributed by atoms with Crippen LogP contribution in [0, 0.1) is 6.92 Å². The fourth-order valence-corrected chi connectivity index (χ4v) is 6.09. The Balaban J connectivity index is 1.87. The molecule has 3 unspecified atom stereocenters. The maximum atomic E-state index is 14.1. The maximum Gasteiger partial charge on any atom is 0.323 e. The lowest BCUT2D eigenvalue weighted by Crippen LogP contribution is -2.59. The van der Waals surface area contributed by atoms with Crippen molar-refractivity contribution in [1.29, 1.82) is 0 Å². The van der Waals surface area contributed by atoms with Gasteiger partial charge < -0.3 is 15.3 Å². The van der Waals surface area contributed by atoms with Crippen LogP contribution in [0.2, 0.25) is 10.0 Å². The number of nitrogens with zero attached hydrogens (tertiary/aromatic N) is 1. The molecular weight excluding hydrogens is 487 g/mol. The summed E-state index contributed by atoms with van der Waals surface area (Å²) in [5.74, 6) is -2.39. The molecule has 3 aromatic rings. The number of carboxylic acids is 1. The number of nitrogens with one attached hydrogen (secondary N) is 1. The molecule has 8 heteroatoms. The van der Waals surface area contributed by atoms with E-state index in [-0.39, 0.29) is 18.2 Å². The summed E-state index contributed by atoms with van der Waals surface area (Å²) in [5.41, 5.74) is 2.22. The highest BCUT2D eigenvalue weighted by atomic mass is 35.5. The molecule has 3 atom stereocenters. The standard InChI is InChI=1S/C27H22Cl2N2O4/c1-15-5-2-3-8-19(15)25-27(20-10-9-18(29)12-22(20)30-26(27)35)21(16-6-4-7-17(28)11-16)13-23(32)31(25)14-24(33)34/h2-12,21,25H,13-14H2,1H3,(H,30,35)(H,33,34). The van der Waals surface area contributed by atoms with Crippen molar-refractivity contribution in [3.63, 3.8) is 0 Å². The van der Waals surface area contributed by atoms with Gasteiger partial charge in [0.15, 0.2) is 0 Å². The number of anilines is 1. The summed E-state index contributed by atoms with van der Waals surface area (Å²) in [7, 11) is 0. The van der Waals surface area contributed by atoms with Crippen LogP contribution in [0.3, 0.4) is 0 Å². The van der Waals surface area contributed by atoms with Gasteiger partial charge in [-0.1, -0.05) is 65.7 Å². The zero-order chi connectivity index (χ0) is 24.9. The van der Waals surface area contributed by atoms with Crippen LogP contribution in [-0.4, -0.2) is 34.3 Å². The van der Waals surface area contributed by atoms with Crippen LogP contribution in [-0.2, 0) is 19.8 Å². The second-order valence-corrected chi connectivity index (χ2v) is 9.87. The normalized spacial score (nSPS) is 23.3. The van der Waals surface area contributed by atoms with Gasteiger partial charge >= 0.3 is 5.97 Å². The molecule has 2 heterocycles. The number of piperidine rings is 1. The average Bonchev–Trinajstić information content (AvgIpc) is 3.08. The number of aliphatic carboxylic acids is 1. The lowest BCUT2D eigenvalue weighted by Gasteiger charge is -2.51. The second kappa shape index (κ2) is 8.70. The molecule has 2 aliphatic rings. The Morgan fingerprint density at radius 2 is 1.80 bits per heavy atom. The SMILES string of the molecule is Cc1ccccc1C1N(CC(=O)O)C(=O)CC(c2cccc(Cl)c2)C12C(=O)Nc1cc(Cl)ccc12. The number of rotatable bonds is 4. The fraction of sp³-hybridized carbons (Fsp3) is 0.222. The van der Waals surface area contributed by atoms with E-state index in [4.69, 9.17) is 23.2 Å². The first-order valence-corrected chi connectivity index (χ1v) is 11.9. The Morgan fingerprint density at radius 3 is 2.51 bits per heavy atom. The predicted molar refractivity (Wildman–Crippen MR) is 134 cm³/mol. The van der Waals surface area contributed by atoms with E-state index in [1.165, 1.54) is 4.90 Å². The molecule has 0 bridgehead atoms. The van der Waals surface area contributed by atoms with Crippen molar-refractivity contribution >= 4 is 46.7 Å². The highest BCUT2D eigenvalue weighted by Gasteiger charge is 2.63. The Labute approximate surface area is 212 Å². The van der Waals surface area contributed by atoms with E-state index in [0.717, 1.165) is 11.1 Å². The molecule has 1 spiro atoms. The lowest BCUT2D eigenvalue weighted by atomic mass is 9.58. The zero-order valence-electron chi connectivity index (χ0n) is 18.8. The molecule has 0 saturated carbocycles. The molecule has 5 rings (SSSR count). The molecule has 35 heavy (non-hydrogen) atoms. The number of carboxylic acid groups (broad SMARTS) is 1. The monoisotopic (exact) mass is 508 g/mol. The van der Waals surface area contributed by atoms with Crippen molar-refractivity contribution in [3.05, 3.63) is 99.0 Å². The van der Waals surface area contributed by atoms with Gasteiger partial charge in [0.25, 0.3) is 0 Å². The Kier molecular flexibility index (Phi) is 5.82. The van der Waals surface area contributed by atoms with E-state index in [2.05, 4.69) is 5.32 Å². The number of amides is 2. The molecule has 1 fully saturated rings. The summed E-state index contributed by atoms with van der Waals surface area (Å²) in [6, 6.07) is 18.9. The molecule has 0 radical (unpaired) electrons. The summed E-state index contributed by atoms with van der Waals surface area (Å²) in [5, 5.41) is 13.7. The highest BCUT2D eigenvalue weighted by molar-refractivity contribution is 6.31. The Hall–Kier alpha value is -3.35. The largest absolute Gasteiger partial charge is 0.480 e. The minimum atomic E-state index is -1.31. The molecule has 2 aliphatic heterocycles. The van der Waals surface area contributed by atoms with Gasteiger partial charge in [-0.05, 0) is 53.4 Å². The summed E-state index contributed by atoms with van der Waals surface area (Å²) in [6.45, 7) is 1.36. The van der Waals surface area contributed by atoms with Crippen LogP contribution >= 0.6 is 23.2 Å². The van der Waals surface area contributed by atoms with E-state index in [9.17, 15) is 19.5 Å². The van der Waals surface area contributed by atoms with E-state index in [0.29, 0.717) is 26.9 Å². The Morgan fingerprint density at radius 1 is 1.06 bits per heavy atom. The van der Waals surface area contributed by atoms with Gasteiger partial charge in [-0.3, -0.25) is 14.4 Å². The van der Waals surface area contributed by atoms with Crippen molar-refractivity contribution in [2.45, 2.75) is 30.7 Å². The van der Waals surface area contributed by atoms with Gasteiger partial charge in [-0.25, -0.2) is 0 Å². The molecule has 178 valence electrons. The molecule has 1 saturated heterocycles. The van der Waals surface area contributed by atoms with Crippen LogP contribution in [0.25, 0.3) is 0 Å². The molecule has 0 aromatic heterocycles. The van der Waals surface area contributed by atoms with Gasteiger partial charge in [0.2, 0.25) is 11.8 Å². The van der Waals surface area contributed by atoms with Crippen molar-refractivity contribution < 1.29 is 19.5 Å². The topological polar surface area (TPSA) is 86.7 Å². The van der Waals surface area contributed by atoms with Gasteiger partial charge in [-0.2, -0.15) is 0 Å². The first-order valence-electron chi connectivity index (χ1n) is 11.2. The highest BCUT2D eigenvalue weighted by Crippen LogP contribution is 2.60. The minimum Gasteiger partial charge on any atom is -0.480 e. The van der Waals surface area contributed by atoms with Gasteiger partial charge in [0, 0.05) is 28.1 Å². The van der Waals surface area contributed by atoms with E-state index >= 15 is 0 Å². The number of aryl methyl sites for hydroxylation is 1. The number of halogens is 2. The smallest absolute Gasteiger partial charge is 0.323 e. The van der Waals surface area contributed by atoms with Crippen LogP contribution < -0.4 is 5.32 Å². The Bertz CT molecular complexity index is 1370. The first-order chi connectivity index (χ1) is 16.7. The zero-order valence-corrected chi connectivity index (χ0v) is 20.3. The van der Waals surface area contributed by atoms with Gasteiger partial charge in [0.1, 0.15) is 12.0 Å². The number of likely N-dealkylation sites (tertiary alicyclic amines) is 1. The molecule has 2 N–H and O–H groups in total. The number of fused-ring (bicyclic) bond motifs is 2. The van der Waals surface area contributed by atoms with Gasteiger partial charge in [-0.15, -0.1) is 0 Å². The summed E-state index contributed by atoms with van der Waals surface area (Å²) in [4.78, 5) is 41.0. The number of carbonyl (C=O) groups excluding carboxylic acids is 2. The first kappa shape index (κ1) is 23.4. The molecule has 6 nitrogen and oxygen atoms in total. The summed E-state index contributed by atoms with van der Waals surface area (Å²) in [6.07, 6.45) is -0.0501. The van der Waals surface area contributed by atoms with Crippen molar-refractivity contribution in [3.8, 4) is 0 Å². The number of carbonyl (C=O) groups is 3. The van der Waals surface area contributed by atoms with Crippen LogP contribution in [0.1, 0.15) is 40.6 Å². The van der Waals surface area contributed by atoms with Crippen molar-refractivity contribution in [2.75, 3.05) is 11.9 Å². The third-order valence-electron chi connectivity index (χ3n) is 7.08. The minimum absolute atomic E-state index is 0.0501.